The van der Waals surface area contributed by atoms with Gasteiger partial charge in [-0.15, -0.1) is 6.58 Å². The molecule has 0 amide bonds. The standard InChI is InChI=1S/C24H26ClF3N2.C4H8/c1-16-5-6-18(14-20(16)24(26,27)28)4-3-11-30-12-9-23(10-13-30)17(2)29-22-8-7-19(25)15-21(22)23;1-3-4-2/h5-8,14-15,29H,2-4,9-13H2,1H3;3H,1,4H2,2H3. The number of fused-ring (bicyclic) bond motifs is 2. The summed E-state index contributed by atoms with van der Waals surface area (Å²) in [5, 5.41) is 4.16. The number of benzene rings is 2. The molecule has 6 heteroatoms. The van der Waals surface area contributed by atoms with Gasteiger partial charge in [0.25, 0.3) is 0 Å². The number of hydrogen-bond acceptors (Lipinski definition) is 2. The minimum atomic E-state index is -4.29. The summed E-state index contributed by atoms with van der Waals surface area (Å²) in [6, 6.07) is 10.6. The van der Waals surface area contributed by atoms with Crippen LogP contribution in [0, 0.1) is 6.92 Å². The molecular formula is C28H34ClF3N2. The van der Waals surface area contributed by atoms with E-state index in [2.05, 4.69) is 30.3 Å². The average molecular weight is 491 g/mol. The van der Waals surface area contributed by atoms with Gasteiger partial charge < -0.3 is 10.2 Å². The highest BCUT2D eigenvalue weighted by Crippen LogP contribution is 2.50. The molecule has 2 aromatic carbocycles. The van der Waals surface area contributed by atoms with Crippen molar-refractivity contribution in [2.75, 3.05) is 25.0 Å². The first-order chi connectivity index (χ1) is 16.1. The molecule has 0 unspecified atom stereocenters. The second kappa shape index (κ2) is 11.0. The number of hydrogen-bond donors (Lipinski definition) is 1. The van der Waals surface area contributed by atoms with Crippen LogP contribution in [0.4, 0.5) is 18.9 Å². The minimum absolute atomic E-state index is 0.0741. The fraction of sp³-hybridized carbons (Fsp3) is 0.429. The van der Waals surface area contributed by atoms with E-state index in [-0.39, 0.29) is 11.0 Å². The van der Waals surface area contributed by atoms with Crippen molar-refractivity contribution in [2.45, 2.75) is 57.5 Å². The van der Waals surface area contributed by atoms with E-state index in [0.717, 1.165) is 67.3 Å². The predicted octanol–water partition coefficient (Wildman–Crippen LogP) is 8.16. The quantitative estimate of drug-likeness (QED) is 0.425. The van der Waals surface area contributed by atoms with E-state index >= 15 is 0 Å². The molecule has 0 saturated carbocycles. The molecule has 34 heavy (non-hydrogen) atoms. The molecule has 1 N–H and O–H groups in total. The van der Waals surface area contributed by atoms with Crippen LogP contribution in [0.3, 0.4) is 0 Å². The Hall–Kier alpha value is -2.24. The number of nitrogens with zero attached hydrogens (tertiary/aromatic N) is 1. The third kappa shape index (κ3) is 5.87. The monoisotopic (exact) mass is 490 g/mol. The number of alkyl halides is 3. The molecule has 184 valence electrons. The first kappa shape index (κ1) is 26.4. The Kier molecular flexibility index (Phi) is 8.53. The maximum absolute atomic E-state index is 13.1. The van der Waals surface area contributed by atoms with E-state index in [9.17, 15) is 13.2 Å². The second-order valence-corrected chi connectivity index (χ2v) is 9.60. The van der Waals surface area contributed by atoms with E-state index in [1.807, 2.05) is 30.3 Å². The molecule has 1 fully saturated rings. The van der Waals surface area contributed by atoms with E-state index in [1.54, 1.807) is 6.07 Å². The van der Waals surface area contributed by atoms with Crippen LogP contribution in [0.2, 0.25) is 5.02 Å². The largest absolute Gasteiger partial charge is 0.416 e. The van der Waals surface area contributed by atoms with Crippen LogP contribution in [0.15, 0.2) is 61.3 Å². The van der Waals surface area contributed by atoms with Gasteiger partial charge in [0.15, 0.2) is 0 Å². The normalized spacial score (nSPS) is 17.1. The molecule has 2 aromatic rings. The highest BCUT2D eigenvalue weighted by molar-refractivity contribution is 6.30. The zero-order valence-corrected chi connectivity index (χ0v) is 20.8. The Balaban J connectivity index is 0.000000751. The number of allylic oxidation sites excluding steroid dienone is 2. The van der Waals surface area contributed by atoms with Gasteiger partial charge in [0.1, 0.15) is 0 Å². The summed E-state index contributed by atoms with van der Waals surface area (Å²) in [5.74, 6) is 0. The fourth-order valence-corrected chi connectivity index (χ4v) is 5.00. The first-order valence-corrected chi connectivity index (χ1v) is 12.2. The smallest absolute Gasteiger partial charge is 0.358 e. The van der Waals surface area contributed by atoms with Crippen LogP contribution in [-0.2, 0) is 18.0 Å². The Bertz CT molecular complexity index is 1020. The molecule has 0 aromatic heterocycles. The molecule has 2 nitrogen and oxygen atoms in total. The number of rotatable bonds is 5. The van der Waals surface area contributed by atoms with Gasteiger partial charge in [-0.25, -0.2) is 0 Å². The Labute approximate surface area is 206 Å². The van der Waals surface area contributed by atoms with E-state index in [0.29, 0.717) is 6.42 Å². The third-order valence-corrected chi connectivity index (χ3v) is 7.14. The molecular weight excluding hydrogens is 457 g/mol. The molecule has 1 saturated heterocycles. The molecule has 4 rings (SSSR count). The summed E-state index contributed by atoms with van der Waals surface area (Å²) in [6.45, 7) is 14.1. The molecule has 0 radical (unpaired) electrons. The van der Waals surface area contributed by atoms with Gasteiger partial charge in [-0.05, 0) is 99.6 Å². The highest BCUT2D eigenvalue weighted by atomic mass is 35.5. The summed E-state index contributed by atoms with van der Waals surface area (Å²) in [7, 11) is 0. The number of aryl methyl sites for hydroxylation is 2. The molecule has 2 heterocycles. The fourth-order valence-electron chi connectivity index (χ4n) is 4.83. The summed E-state index contributed by atoms with van der Waals surface area (Å²) in [4.78, 5) is 2.40. The number of halogens is 4. The van der Waals surface area contributed by atoms with Crippen molar-refractivity contribution in [3.63, 3.8) is 0 Å². The predicted molar refractivity (Wildman–Crippen MR) is 137 cm³/mol. The summed E-state index contributed by atoms with van der Waals surface area (Å²) < 4.78 is 39.4. The van der Waals surface area contributed by atoms with Gasteiger partial charge in [0.2, 0.25) is 0 Å². The number of likely N-dealkylation sites (tertiary alicyclic amines) is 1. The van der Waals surface area contributed by atoms with Crippen LogP contribution < -0.4 is 5.32 Å². The molecule has 2 aliphatic rings. The van der Waals surface area contributed by atoms with E-state index in [4.69, 9.17) is 11.6 Å². The van der Waals surface area contributed by atoms with Gasteiger partial charge in [0.05, 0.1) is 5.56 Å². The molecule has 0 bridgehead atoms. The van der Waals surface area contributed by atoms with Gasteiger partial charge in [-0.1, -0.05) is 43.3 Å². The number of piperidine rings is 1. The van der Waals surface area contributed by atoms with Gasteiger partial charge in [0, 0.05) is 21.8 Å². The lowest BCUT2D eigenvalue weighted by molar-refractivity contribution is -0.138. The Morgan fingerprint density at radius 3 is 2.44 bits per heavy atom. The molecule has 1 spiro atoms. The van der Waals surface area contributed by atoms with Crippen LogP contribution in [0.5, 0.6) is 0 Å². The number of anilines is 1. The number of nitrogens with one attached hydrogen (secondary N) is 1. The van der Waals surface area contributed by atoms with E-state index < -0.39 is 11.7 Å². The van der Waals surface area contributed by atoms with Crippen molar-refractivity contribution >= 4 is 17.3 Å². The van der Waals surface area contributed by atoms with Gasteiger partial charge in [-0.3, -0.25) is 0 Å². The average Bonchev–Trinajstić information content (AvgIpc) is 3.06. The second-order valence-electron chi connectivity index (χ2n) is 9.16. The van der Waals surface area contributed by atoms with Crippen molar-refractivity contribution in [1.29, 1.82) is 0 Å². The summed E-state index contributed by atoms with van der Waals surface area (Å²) in [6.07, 6.45) is 2.09. The van der Waals surface area contributed by atoms with Gasteiger partial charge in [-0.2, -0.15) is 13.2 Å². The maximum atomic E-state index is 13.1. The zero-order chi connectivity index (χ0) is 24.9. The van der Waals surface area contributed by atoms with Crippen molar-refractivity contribution in [3.8, 4) is 0 Å². The summed E-state index contributed by atoms with van der Waals surface area (Å²) in [5.41, 5.74) is 3.80. The lowest BCUT2D eigenvalue weighted by atomic mass is 9.72. The first-order valence-electron chi connectivity index (χ1n) is 11.9. The molecule has 2 aliphatic heterocycles. The van der Waals surface area contributed by atoms with Crippen molar-refractivity contribution in [1.82, 2.24) is 4.90 Å². The third-order valence-electron chi connectivity index (χ3n) is 6.91. The van der Waals surface area contributed by atoms with Crippen LogP contribution in [0.1, 0.15) is 54.9 Å². The van der Waals surface area contributed by atoms with Crippen LogP contribution in [0.25, 0.3) is 0 Å². The van der Waals surface area contributed by atoms with Gasteiger partial charge >= 0.3 is 6.18 Å². The van der Waals surface area contributed by atoms with E-state index in [1.165, 1.54) is 18.6 Å². The SMILES string of the molecule is C=C1Nc2ccc(Cl)cc2C12CCN(CCCc1ccc(C)c(C(F)(F)F)c1)CC2.C=CCC. The molecule has 0 aliphatic carbocycles. The van der Waals surface area contributed by atoms with Crippen LogP contribution in [-0.4, -0.2) is 24.5 Å². The zero-order valence-electron chi connectivity index (χ0n) is 20.1. The topological polar surface area (TPSA) is 15.3 Å². The van der Waals surface area contributed by atoms with Crippen molar-refractivity contribution in [3.05, 3.63) is 88.6 Å². The van der Waals surface area contributed by atoms with Crippen molar-refractivity contribution in [2.24, 2.45) is 0 Å². The Morgan fingerprint density at radius 2 is 1.82 bits per heavy atom. The molecule has 0 atom stereocenters. The highest BCUT2D eigenvalue weighted by Gasteiger charge is 2.44. The van der Waals surface area contributed by atoms with Crippen molar-refractivity contribution < 1.29 is 13.2 Å². The lowest BCUT2D eigenvalue weighted by Gasteiger charge is -2.40. The maximum Gasteiger partial charge on any atom is 0.416 e. The minimum Gasteiger partial charge on any atom is -0.358 e. The van der Waals surface area contributed by atoms with Crippen LogP contribution >= 0.6 is 11.6 Å². The lowest BCUT2D eigenvalue weighted by Crippen LogP contribution is -2.43. The Morgan fingerprint density at radius 1 is 1.15 bits per heavy atom. The summed E-state index contributed by atoms with van der Waals surface area (Å²) >= 11 is 6.24.